The number of hydrogen-bond donors (Lipinski definition) is 3. The van der Waals surface area contributed by atoms with Gasteiger partial charge in [0.25, 0.3) is 0 Å². The molecular formula is C23H31N3O3. The molecule has 0 aliphatic heterocycles. The average molecular weight is 398 g/mol. The highest BCUT2D eigenvalue weighted by molar-refractivity contribution is 5.95. The molecule has 0 aliphatic rings. The summed E-state index contributed by atoms with van der Waals surface area (Å²) in [7, 11) is 0. The van der Waals surface area contributed by atoms with Crippen LogP contribution in [0, 0.1) is 0 Å². The van der Waals surface area contributed by atoms with Crippen molar-refractivity contribution in [3.63, 3.8) is 0 Å². The number of nitrogens with one attached hydrogen (secondary N) is 3. The molecule has 3 N–H and O–H groups in total. The molecule has 0 spiro atoms. The molecule has 0 bridgehead atoms. The maximum atomic E-state index is 12.2. The molecule has 0 atom stereocenters. The van der Waals surface area contributed by atoms with E-state index in [1.54, 1.807) is 24.3 Å². The topological polar surface area (TPSA) is 79.5 Å². The zero-order valence-corrected chi connectivity index (χ0v) is 17.3. The van der Waals surface area contributed by atoms with Crippen LogP contribution in [-0.2, 0) is 9.59 Å². The molecule has 0 saturated heterocycles. The molecule has 2 aromatic rings. The first-order chi connectivity index (χ1) is 14.1. The van der Waals surface area contributed by atoms with E-state index in [1.165, 1.54) is 32.6 Å². The molecule has 0 unspecified atom stereocenters. The van der Waals surface area contributed by atoms with E-state index in [0.29, 0.717) is 18.0 Å². The Labute approximate surface area is 173 Å². The maximum Gasteiger partial charge on any atom is 0.243 e. The second-order valence-corrected chi connectivity index (χ2v) is 6.95. The Kier molecular flexibility index (Phi) is 9.55. The van der Waals surface area contributed by atoms with Crippen LogP contribution < -0.4 is 20.7 Å². The van der Waals surface area contributed by atoms with Gasteiger partial charge in [0.05, 0.1) is 13.2 Å². The second kappa shape index (κ2) is 12.4. The molecule has 0 fully saturated rings. The van der Waals surface area contributed by atoms with E-state index in [1.807, 2.05) is 24.3 Å². The number of hydrogen-bond acceptors (Lipinski definition) is 4. The molecular weight excluding hydrogens is 366 g/mol. The van der Waals surface area contributed by atoms with Gasteiger partial charge < -0.3 is 20.7 Å². The van der Waals surface area contributed by atoms with E-state index < -0.39 is 0 Å². The summed E-state index contributed by atoms with van der Waals surface area (Å²) < 4.78 is 5.80. The molecule has 29 heavy (non-hydrogen) atoms. The predicted octanol–water partition coefficient (Wildman–Crippen LogP) is 5.04. The Morgan fingerprint density at radius 2 is 1.55 bits per heavy atom. The van der Waals surface area contributed by atoms with E-state index in [2.05, 4.69) is 22.9 Å². The van der Waals surface area contributed by atoms with Crippen molar-refractivity contribution in [1.82, 2.24) is 0 Å². The van der Waals surface area contributed by atoms with Gasteiger partial charge in [0, 0.05) is 30.1 Å². The van der Waals surface area contributed by atoms with Crippen molar-refractivity contribution < 1.29 is 14.3 Å². The minimum Gasteiger partial charge on any atom is -0.494 e. The third-order valence-corrected chi connectivity index (χ3v) is 4.27. The summed E-state index contributed by atoms with van der Waals surface area (Å²) in [6.07, 6.45) is 6.01. The van der Waals surface area contributed by atoms with Crippen molar-refractivity contribution in [2.24, 2.45) is 0 Å². The molecule has 0 aliphatic carbocycles. The number of amides is 2. The van der Waals surface area contributed by atoms with Gasteiger partial charge in [0.1, 0.15) is 5.75 Å². The highest BCUT2D eigenvalue weighted by Gasteiger charge is 2.05. The van der Waals surface area contributed by atoms with Crippen molar-refractivity contribution >= 4 is 28.9 Å². The minimum absolute atomic E-state index is 0.130. The summed E-state index contributed by atoms with van der Waals surface area (Å²) >= 11 is 0. The van der Waals surface area contributed by atoms with Crippen LogP contribution >= 0.6 is 0 Å². The van der Waals surface area contributed by atoms with Gasteiger partial charge in [-0.05, 0) is 36.8 Å². The normalized spacial score (nSPS) is 10.3. The zero-order valence-electron chi connectivity index (χ0n) is 17.3. The number of anilines is 3. The molecule has 0 heterocycles. The smallest absolute Gasteiger partial charge is 0.243 e. The van der Waals surface area contributed by atoms with Crippen LogP contribution in [0.1, 0.15) is 46.0 Å². The largest absolute Gasteiger partial charge is 0.494 e. The third kappa shape index (κ3) is 9.14. The first-order valence-corrected chi connectivity index (χ1v) is 10.2. The summed E-state index contributed by atoms with van der Waals surface area (Å²) in [5, 5.41) is 8.62. The summed E-state index contributed by atoms with van der Waals surface area (Å²) in [5.41, 5.74) is 2.10. The number of carbonyl (C=O) groups is 2. The molecule has 0 aromatic heterocycles. The van der Waals surface area contributed by atoms with E-state index in [-0.39, 0.29) is 18.4 Å². The number of carbonyl (C=O) groups excluding carboxylic acids is 2. The van der Waals surface area contributed by atoms with Crippen molar-refractivity contribution in [3.05, 3.63) is 48.5 Å². The number of unbranched alkanes of at least 4 members (excludes halogenated alkanes) is 4. The van der Waals surface area contributed by atoms with Crippen molar-refractivity contribution in [2.75, 3.05) is 29.1 Å². The average Bonchev–Trinajstić information content (AvgIpc) is 2.69. The van der Waals surface area contributed by atoms with Crippen LogP contribution in [0.5, 0.6) is 5.75 Å². The van der Waals surface area contributed by atoms with Crippen molar-refractivity contribution in [3.8, 4) is 5.75 Å². The Hall–Kier alpha value is -3.02. The van der Waals surface area contributed by atoms with E-state index in [0.717, 1.165) is 17.9 Å². The molecule has 6 nitrogen and oxygen atoms in total. The first kappa shape index (κ1) is 22.3. The van der Waals surface area contributed by atoms with E-state index in [9.17, 15) is 9.59 Å². The molecule has 156 valence electrons. The predicted molar refractivity (Wildman–Crippen MR) is 119 cm³/mol. The Balaban J connectivity index is 1.76. The lowest BCUT2D eigenvalue weighted by Crippen LogP contribution is -2.21. The molecule has 2 amide bonds. The lowest BCUT2D eigenvalue weighted by Gasteiger charge is -2.11. The summed E-state index contributed by atoms with van der Waals surface area (Å²) in [5.74, 6) is 0.472. The fourth-order valence-electron chi connectivity index (χ4n) is 2.86. The van der Waals surface area contributed by atoms with Gasteiger partial charge in [-0.25, -0.2) is 0 Å². The number of rotatable bonds is 12. The van der Waals surface area contributed by atoms with Gasteiger partial charge in [0.2, 0.25) is 11.8 Å². The first-order valence-electron chi connectivity index (χ1n) is 10.2. The SMILES string of the molecule is CCCCCCCOc1cccc(NCC(=O)Nc2cccc(NC(C)=O)c2)c1. The molecule has 0 saturated carbocycles. The Morgan fingerprint density at radius 3 is 2.31 bits per heavy atom. The van der Waals surface area contributed by atoms with Gasteiger partial charge in [-0.15, -0.1) is 0 Å². The molecule has 2 rings (SSSR count). The van der Waals surface area contributed by atoms with E-state index >= 15 is 0 Å². The molecule has 6 heteroatoms. The van der Waals surface area contributed by atoms with Gasteiger partial charge in [-0.2, -0.15) is 0 Å². The second-order valence-electron chi connectivity index (χ2n) is 6.95. The van der Waals surface area contributed by atoms with Crippen LogP contribution in [0.2, 0.25) is 0 Å². The van der Waals surface area contributed by atoms with Crippen molar-refractivity contribution in [1.29, 1.82) is 0 Å². The minimum atomic E-state index is -0.174. The molecule has 0 radical (unpaired) electrons. The lowest BCUT2D eigenvalue weighted by atomic mass is 10.2. The van der Waals surface area contributed by atoms with Gasteiger partial charge in [-0.3, -0.25) is 9.59 Å². The monoisotopic (exact) mass is 397 g/mol. The third-order valence-electron chi connectivity index (χ3n) is 4.27. The summed E-state index contributed by atoms with van der Waals surface area (Å²) in [6, 6.07) is 14.7. The molecule has 2 aromatic carbocycles. The summed E-state index contributed by atoms with van der Waals surface area (Å²) in [4.78, 5) is 23.3. The van der Waals surface area contributed by atoms with Crippen LogP contribution in [0.15, 0.2) is 48.5 Å². The van der Waals surface area contributed by atoms with Crippen molar-refractivity contribution in [2.45, 2.75) is 46.0 Å². The van der Waals surface area contributed by atoms with Crippen LogP contribution in [0.25, 0.3) is 0 Å². The van der Waals surface area contributed by atoms with Gasteiger partial charge in [-0.1, -0.05) is 44.7 Å². The lowest BCUT2D eigenvalue weighted by molar-refractivity contribution is -0.115. The Morgan fingerprint density at radius 1 is 0.862 bits per heavy atom. The number of benzene rings is 2. The standard InChI is InChI=1S/C23H31N3O3/c1-3-4-5-6-7-14-29-22-13-9-10-19(16-22)24-17-23(28)26-21-12-8-11-20(15-21)25-18(2)27/h8-13,15-16,24H,3-7,14,17H2,1-2H3,(H,25,27)(H,26,28). The van der Waals surface area contributed by atoms with Crippen LogP contribution in [0.3, 0.4) is 0 Å². The maximum absolute atomic E-state index is 12.2. The van der Waals surface area contributed by atoms with E-state index in [4.69, 9.17) is 4.74 Å². The van der Waals surface area contributed by atoms with Gasteiger partial charge in [0.15, 0.2) is 0 Å². The highest BCUT2D eigenvalue weighted by Crippen LogP contribution is 2.18. The summed E-state index contributed by atoms with van der Waals surface area (Å²) in [6.45, 7) is 4.49. The quantitative estimate of drug-likeness (QED) is 0.438. The Bertz CT molecular complexity index is 792. The zero-order chi connectivity index (χ0) is 20.9. The highest BCUT2D eigenvalue weighted by atomic mass is 16.5. The van der Waals surface area contributed by atoms with Crippen LogP contribution in [0.4, 0.5) is 17.1 Å². The van der Waals surface area contributed by atoms with Crippen LogP contribution in [-0.4, -0.2) is 25.0 Å². The fraction of sp³-hybridized carbons (Fsp3) is 0.391. The fourth-order valence-corrected chi connectivity index (χ4v) is 2.86. The number of ether oxygens (including phenoxy) is 1. The van der Waals surface area contributed by atoms with Gasteiger partial charge >= 0.3 is 0 Å².